The summed E-state index contributed by atoms with van der Waals surface area (Å²) in [6, 6.07) is 1.94. The average molecular weight is 286 g/mol. The number of imidazole rings is 1. The Labute approximate surface area is 114 Å². The van der Waals surface area contributed by atoms with Crippen molar-refractivity contribution in [2.45, 2.75) is 25.1 Å². The third-order valence-electron chi connectivity index (χ3n) is 2.95. The highest BCUT2D eigenvalue weighted by Gasteiger charge is 2.14. The number of alkyl halides is 1. The van der Waals surface area contributed by atoms with Crippen molar-refractivity contribution < 1.29 is 4.21 Å². The molecule has 0 radical (unpaired) electrons. The van der Waals surface area contributed by atoms with Crippen LogP contribution in [0.1, 0.15) is 12.7 Å². The standard InChI is InChI=1S/C12H16ClN3OS/c1-9(18(2)17)8-16-11-4-6-14-7-10(11)15-12(16)3-5-13/h4,6-7,9H,3,5,8H2,1-2H3. The van der Waals surface area contributed by atoms with Gasteiger partial charge in [-0.05, 0) is 13.0 Å². The zero-order valence-electron chi connectivity index (χ0n) is 10.5. The van der Waals surface area contributed by atoms with Gasteiger partial charge in [-0.1, -0.05) is 0 Å². The lowest BCUT2D eigenvalue weighted by Crippen LogP contribution is -2.19. The van der Waals surface area contributed by atoms with E-state index >= 15 is 0 Å². The Morgan fingerprint density at radius 2 is 2.33 bits per heavy atom. The molecule has 0 saturated heterocycles. The molecular formula is C12H16ClN3OS. The summed E-state index contributed by atoms with van der Waals surface area (Å²) in [6.45, 7) is 2.67. The summed E-state index contributed by atoms with van der Waals surface area (Å²) in [7, 11) is -0.847. The van der Waals surface area contributed by atoms with E-state index in [1.807, 2.05) is 13.0 Å². The molecule has 4 nitrogen and oxygen atoms in total. The zero-order valence-corrected chi connectivity index (χ0v) is 12.0. The van der Waals surface area contributed by atoms with E-state index in [1.54, 1.807) is 18.6 Å². The van der Waals surface area contributed by atoms with Crippen LogP contribution in [0.25, 0.3) is 11.0 Å². The molecule has 98 valence electrons. The molecule has 0 amide bonds. The SMILES string of the molecule is CC(Cn1c(CCCl)nc2cnccc21)S(C)=O. The first kappa shape index (κ1) is 13.5. The van der Waals surface area contributed by atoms with Crippen molar-refractivity contribution in [3.05, 3.63) is 24.3 Å². The van der Waals surface area contributed by atoms with Gasteiger partial charge in [0.05, 0.1) is 11.7 Å². The predicted octanol–water partition coefficient (Wildman–Crippen LogP) is 1.98. The summed E-state index contributed by atoms with van der Waals surface area (Å²) in [5.74, 6) is 1.46. The van der Waals surface area contributed by atoms with Crippen LogP contribution in [-0.4, -0.2) is 36.1 Å². The van der Waals surface area contributed by atoms with Gasteiger partial charge in [0.25, 0.3) is 0 Å². The molecular weight excluding hydrogens is 270 g/mol. The van der Waals surface area contributed by atoms with Crippen molar-refractivity contribution >= 4 is 33.4 Å². The van der Waals surface area contributed by atoms with Crippen molar-refractivity contribution in [3.63, 3.8) is 0 Å². The van der Waals surface area contributed by atoms with E-state index in [0.29, 0.717) is 18.8 Å². The first-order valence-corrected chi connectivity index (χ1v) is 7.96. The van der Waals surface area contributed by atoms with Crippen molar-refractivity contribution in [1.29, 1.82) is 0 Å². The van der Waals surface area contributed by atoms with Gasteiger partial charge in [0, 0.05) is 47.3 Å². The largest absolute Gasteiger partial charge is 0.327 e. The normalized spacial score (nSPS) is 14.8. The van der Waals surface area contributed by atoms with Crippen LogP contribution in [0.5, 0.6) is 0 Å². The Balaban J connectivity index is 2.44. The molecule has 2 aromatic heterocycles. The number of fused-ring (bicyclic) bond motifs is 1. The quantitative estimate of drug-likeness (QED) is 0.789. The topological polar surface area (TPSA) is 47.8 Å². The summed E-state index contributed by atoms with van der Waals surface area (Å²) in [5.41, 5.74) is 1.90. The van der Waals surface area contributed by atoms with Crippen LogP contribution in [-0.2, 0) is 23.8 Å². The van der Waals surface area contributed by atoms with Crippen LogP contribution in [0, 0.1) is 0 Å². The number of halogens is 1. The molecule has 6 heteroatoms. The molecule has 0 aliphatic rings. The van der Waals surface area contributed by atoms with Gasteiger partial charge in [0.1, 0.15) is 11.3 Å². The Hall–Kier alpha value is -0.940. The first-order valence-electron chi connectivity index (χ1n) is 5.80. The fourth-order valence-electron chi connectivity index (χ4n) is 1.87. The van der Waals surface area contributed by atoms with E-state index in [-0.39, 0.29) is 5.25 Å². The number of hydrogen-bond donors (Lipinski definition) is 0. The summed E-state index contributed by atoms with van der Waals surface area (Å²) in [6.07, 6.45) is 5.93. The molecule has 2 atom stereocenters. The van der Waals surface area contributed by atoms with Crippen LogP contribution in [0.2, 0.25) is 0 Å². The van der Waals surface area contributed by atoms with E-state index in [9.17, 15) is 4.21 Å². The van der Waals surface area contributed by atoms with Crippen molar-refractivity contribution in [2.24, 2.45) is 0 Å². The minimum Gasteiger partial charge on any atom is -0.327 e. The maximum atomic E-state index is 11.5. The molecule has 0 spiro atoms. The van der Waals surface area contributed by atoms with E-state index < -0.39 is 10.8 Å². The van der Waals surface area contributed by atoms with Crippen molar-refractivity contribution in [2.75, 3.05) is 12.1 Å². The van der Waals surface area contributed by atoms with E-state index in [2.05, 4.69) is 14.5 Å². The van der Waals surface area contributed by atoms with Gasteiger partial charge < -0.3 is 4.57 Å². The Bertz CT molecular complexity index is 569. The highest BCUT2D eigenvalue weighted by atomic mass is 35.5. The molecule has 2 aromatic rings. The number of rotatable bonds is 5. The number of aromatic nitrogens is 3. The van der Waals surface area contributed by atoms with Gasteiger partial charge in [-0.25, -0.2) is 4.98 Å². The van der Waals surface area contributed by atoms with Gasteiger partial charge in [-0.3, -0.25) is 9.19 Å². The fourth-order valence-corrected chi connectivity index (χ4v) is 2.40. The minimum absolute atomic E-state index is 0.0876. The van der Waals surface area contributed by atoms with Crippen LogP contribution < -0.4 is 0 Å². The lowest BCUT2D eigenvalue weighted by atomic mass is 10.3. The third-order valence-corrected chi connectivity index (χ3v) is 4.43. The molecule has 0 aromatic carbocycles. The monoisotopic (exact) mass is 285 g/mol. The summed E-state index contributed by atoms with van der Waals surface area (Å²) < 4.78 is 13.6. The Morgan fingerprint density at radius 1 is 1.56 bits per heavy atom. The highest BCUT2D eigenvalue weighted by molar-refractivity contribution is 7.84. The molecule has 0 bridgehead atoms. The molecule has 0 aliphatic carbocycles. The lowest BCUT2D eigenvalue weighted by molar-refractivity contribution is 0.635. The molecule has 18 heavy (non-hydrogen) atoms. The minimum atomic E-state index is -0.847. The summed E-state index contributed by atoms with van der Waals surface area (Å²) in [4.78, 5) is 8.60. The smallest absolute Gasteiger partial charge is 0.111 e. The predicted molar refractivity (Wildman–Crippen MR) is 75.5 cm³/mol. The number of hydrogen-bond acceptors (Lipinski definition) is 3. The summed E-state index contributed by atoms with van der Waals surface area (Å²) in [5, 5.41) is 0.0876. The molecule has 2 unspecified atom stereocenters. The highest BCUT2D eigenvalue weighted by Crippen LogP contribution is 2.17. The molecule has 0 aliphatic heterocycles. The summed E-state index contributed by atoms with van der Waals surface area (Å²) >= 11 is 5.81. The Kier molecular flexibility index (Phi) is 4.35. The number of nitrogens with zero attached hydrogens (tertiary/aromatic N) is 3. The van der Waals surface area contributed by atoms with Crippen LogP contribution in [0.15, 0.2) is 18.5 Å². The fraction of sp³-hybridized carbons (Fsp3) is 0.500. The van der Waals surface area contributed by atoms with E-state index in [4.69, 9.17) is 11.6 Å². The third kappa shape index (κ3) is 2.72. The second-order valence-electron chi connectivity index (χ2n) is 4.25. The first-order chi connectivity index (χ1) is 8.63. The zero-order chi connectivity index (χ0) is 13.1. The number of aryl methyl sites for hydroxylation is 1. The lowest BCUT2D eigenvalue weighted by Gasteiger charge is -2.12. The van der Waals surface area contributed by atoms with E-state index in [1.165, 1.54) is 0 Å². The maximum absolute atomic E-state index is 11.5. The van der Waals surface area contributed by atoms with Gasteiger partial charge >= 0.3 is 0 Å². The molecule has 2 rings (SSSR count). The molecule has 0 saturated carbocycles. The van der Waals surface area contributed by atoms with Gasteiger partial charge in [0.15, 0.2) is 0 Å². The van der Waals surface area contributed by atoms with Gasteiger partial charge in [0.2, 0.25) is 0 Å². The second-order valence-corrected chi connectivity index (χ2v) is 6.43. The molecule has 2 heterocycles. The van der Waals surface area contributed by atoms with Gasteiger partial charge in [-0.15, -0.1) is 11.6 Å². The van der Waals surface area contributed by atoms with Crippen molar-refractivity contribution in [3.8, 4) is 0 Å². The second kappa shape index (κ2) is 5.80. The van der Waals surface area contributed by atoms with Crippen LogP contribution in [0.4, 0.5) is 0 Å². The van der Waals surface area contributed by atoms with Crippen LogP contribution in [0.3, 0.4) is 0 Å². The average Bonchev–Trinajstić information content (AvgIpc) is 2.68. The van der Waals surface area contributed by atoms with Gasteiger partial charge in [-0.2, -0.15) is 0 Å². The maximum Gasteiger partial charge on any atom is 0.111 e. The molecule has 0 N–H and O–H groups in total. The van der Waals surface area contributed by atoms with E-state index in [0.717, 1.165) is 16.9 Å². The van der Waals surface area contributed by atoms with Crippen molar-refractivity contribution in [1.82, 2.24) is 14.5 Å². The Morgan fingerprint density at radius 3 is 3.00 bits per heavy atom. The van der Waals surface area contributed by atoms with Crippen LogP contribution >= 0.6 is 11.6 Å². The molecule has 0 fully saturated rings. The number of pyridine rings is 1.